The van der Waals surface area contributed by atoms with Gasteiger partial charge in [0, 0.05) is 39.4 Å². The van der Waals surface area contributed by atoms with Gasteiger partial charge in [-0.3, -0.25) is 4.98 Å². The molecule has 3 nitrogen and oxygen atoms in total. The Morgan fingerprint density at radius 1 is 0.971 bits per heavy atom. The molecule has 2 N–H and O–H groups in total. The van der Waals surface area contributed by atoms with Gasteiger partial charge in [0.15, 0.2) is 0 Å². The van der Waals surface area contributed by atoms with Crippen molar-refractivity contribution in [2.75, 3.05) is 6.54 Å². The lowest BCUT2D eigenvalue weighted by Gasteiger charge is -2.22. The molecule has 0 saturated carbocycles. The van der Waals surface area contributed by atoms with Gasteiger partial charge in [-0.2, -0.15) is 0 Å². The van der Waals surface area contributed by atoms with Crippen molar-refractivity contribution in [2.24, 2.45) is 5.73 Å². The number of hydrogen-bond acceptors (Lipinski definition) is 4. The second kappa shape index (κ2) is 9.98. The van der Waals surface area contributed by atoms with Crippen molar-refractivity contribution < 1.29 is 4.74 Å². The number of ether oxygens (including phenoxy) is 1. The number of nitrogens with two attached hydrogens (primary N) is 1. The van der Waals surface area contributed by atoms with Gasteiger partial charge >= 0.3 is 0 Å². The van der Waals surface area contributed by atoms with Gasteiger partial charge in [0.2, 0.25) is 0 Å². The zero-order chi connectivity index (χ0) is 23.5. The van der Waals surface area contributed by atoms with Crippen LogP contribution in [-0.4, -0.2) is 11.5 Å². The van der Waals surface area contributed by atoms with Gasteiger partial charge in [-0.25, -0.2) is 0 Å². The number of rotatable bonds is 7. The lowest BCUT2D eigenvalue weighted by Crippen LogP contribution is -2.16. The van der Waals surface area contributed by atoms with Gasteiger partial charge in [0.25, 0.3) is 0 Å². The van der Waals surface area contributed by atoms with Crippen LogP contribution in [0.2, 0.25) is 5.02 Å². The predicted molar refractivity (Wildman–Crippen MR) is 143 cm³/mol. The number of halogens is 1. The zero-order valence-corrected chi connectivity index (χ0v) is 20.4. The van der Waals surface area contributed by atoms with Crippen LogP contribution in [0.15, 0.2) is 91.1 Å². The van der Waals surface area contributed by atoms with E-state index in [-0.39, 0.29) is 5.92 Å². The van der Waals surface area contributed by atoms with Crippen LogP contribution in [0, 0.1) is 6.92 Å². The molecule has 0 aliphatic heterocycles. The van der Waals surface area contributed by atoms with Crippen molar-refractivity contribution in [1.29, 1.82) is 0 Å². The summed E-state index contributed by atoms with van der Waals surface area (Å²) in [4.78, 5) is 7.18. The lowest BCUT2D eigenvalue weighted by molar-refractivity contribution is 0.305. The SMILES string of the molecule is Cc1ccc(-c2cccc(C(CN)c3cc(Cl)c4cccnc4c3OCc3ccccc3)c2)s1. The molecule has 0 fully saturated rings. The summed E-state index contributed by atoms with van der Waals surface area (Å²) < 4.78 is 6.44. The number of aryl methyl sites for hydroxylation is 1. The van der Waals surface area contributed by atoms with Crippen molar-refractivity contribution in [3.63, 3.8) is 0 Å². The Morgan fingerprint density at radius 3 is 2.59 bits per heavy atom. The van der Waals surface area contributed by atoms with Crippen molar-refractivity contribution in [3.8, 4) is 16.2 Å². The first-order valence-electron chi connectivity index (χ1n) is 11.2. The minimum absolute atomic E-state index is 0.0873. The Hall–Kier alpha value is -3.18. The topological polar surface area (TPSA) is 48.1 Å². The summed E-state index contributed by atoms with van der Waals surface area (Å²) in [7, 11) is 0. The molecule has 34 heavy (non-hydrogen) atoms. The van der Waals surface area contributed by atoms with Crippen LogP contribution < -0.4 is 10.5 Å². The Balaban J connectivity index is 1.61. The van der Waals surface area contributed by atoms with Crippen molar-refractivity contribution in [1.82, 2.24) is 4.98 Å². The van der Waals surface area contributed by atoms with E-state index in [4.69, 9.17) is 22.1 Å². The number of aromatic nitrogens is 1. The first-order chi connectivity index (χ1) is 16.6. The standard InChI is InChI=1S/C29H25ClN2OS/c1-19-12-13-27(34-19)22-10-5-9-21(15-22)25(17-31)24-16-26(30)23-11-6-14-32-28(23)29(24)33-18-20-7-3-2-4-8-20/h2-16,25H,17-18,31H2,1H3. The quantitative estimate of drug-likeness (QED) is 0.259. The van der Waals surface area contributed by atoms with Crippen molar-refractivity contribution in [2.45, 2.75) is 19.4 Å². The molecule has 5 heteroatoms. The largest absolute Gasteiger partial charge is 0.486 e. The monoisotopic (exact) mass is 484 g/mol. The first kappa shape index (κ1) is 22.6. The normalized spacial score (nSPS) is 12.1. The van der Waals surface area contributed by atoms with Gasteiger partial charge in [-0.1, -0.05) is 60.1 Å². The van der Waals surface area contributed by atoms with Gasteiger partial charge in [-0.05, 0) is 60.0 Å². The molecule has 0 spiro atoms. The molecule has 0 radical (unpaired) electrons. The molecule has 2 aromatic heterocycles. The maximum atomic E-state index is 6.74. The number of fused-ring (bicyclic) bond motifs is 1. The Labute approximate surface area is 208 Å². The minimum Gasteiger partial charge on any atom is -0.486 e. The third-order valence-electron chi connectivity index (χ3n) is 5.98. The summed E-state index contributed by atoms with van der Waals surface area (Å²) in [5.74, 6) is 0.646. The molecule has 0 amide bonds. The maximum Gasteiger partial charge on any atom is 0.149 e. The van der Waals surface area contributed by atoms with Crippen molar-refractivity contribution >= 4 is 33.8 Å². The summed E-state index contributed by atoms with van der Waals surface area (Å²) in [6.45, 7) is 2.98. The predicted octanol–water partition coefficient (Wildman–Crippen LogP) is 7.59. The van der Waals surface area contributed by atoms with Gasteiger partial charge in [-0.15, -0.1) is 11.3 Å². The highest BCUT2D eigenvalue weighted by Gasteiger charge is 2.22. The second-order valence-electron chi connectivity index (χ2n) is 8.27. The van der Waals surface area contributed by atoms with E-state index >= 15 is 0 Å². The molecule has 1 atom stereocenters. The van der Waals surface area contributed by atoms with Gasteiger partial charge in [0.05, 0.1) is 5.02 Å². The van der Waals surface area contributed by atoms with Crippen LogP contribution in [0.3, 0.4) is 0 Å². The average molecular weight is 485 g/mol. The first-order valence-corrected chi connectivity index (χ1v) is 12.4. The smallest absolute Gasteiger partial charge is 0.149 e. The molecule has 0 bridgehead atoms. The van der Waals surface area contributed by atoms with Gasteiger partial charge in [0.1, 0.15) is 17.9 Å². The van der Waals surface area contributed by atoms with E-state index in [1.165, 1.54) is 15.3 Å². The zero-order valence-electron chi connectivity index (χ0n) is 18.9. The molecule has 3 aromatic carbocycles. The highest BCUT2D eigenvalue weighted by Crippen LogP contribution is 2.41. The third kappa shape index (κ3) is 4.58. The van der Waals surface area contributed by atoms with E-state index in [0.29, 0.717) is 18.2 Å². The fraction of sp³-hybridized carbons (Fsp3) is 0.138. The summed E-state index contributed by atoms with van der Waals surface area (Å²) in [5, 5.41) is 1.52. The van der Waals surface area contributed by atoms with E-state index in [1.54, 1.807) is 17.5 Å². The summed E-state index contributed by atoms with van der Waals surface area (Å²) in [6, 6.07) is 28.9. The Morgan fingerprint density at radius 2 is 1.82 bits per heavy atom. The van der Waals surface area contributed by atoms with E-state index in [1.807, 2.05) is 36.4 Å². The maximum absolute atomic E-state index is 6.74. The summed E-state index contributed by atoms with van der Waals surface area (Å²) in [6.07, 6.45) is 1.77. The minimum atomic E-state index is -0.0873. The van der Waals surface area contributed by atoms with Crippen LogP contribution >= 0.6 is 22.9 Å². The van der Waals surface area contributed by atoms with E-state index in [0.717, 1.165) is 33.3 Å². The molecule has 5 aromatic rings. The molecule has 2 heterocycles. The summed E-state index contributed by atoms with van der Waals surface area (Å²) >= 11 is 8.53. The van der Waals surface area contributed by atoms with Crippen molar-refractivity contribution in [3.05, 3.63) is 118 Å². The second-order valence-corrected chi connectivity index (χ2v) is 9.97. The molecule has 5 rings (SSSR count). The third-order valence-corrected chi connectivity index (χ3v) is 7.34. The fourth-order valence-corrected chi connectivity index (χ4v) is 5.41. The lowest BCUT2D eigenvalue weighted by atomic mass is 9.88. The molecular weight excluding hydrogens is 460 g/mol. The molecule has 0 aliphatic carbocycles. The Kier molecular flexibility index (Phi) is 6.63. The highest BCUT2D eigenvalue weighted by molar-refractivity contribution is 7.15. The molecule has 0 saturated heterocycles. The van der Waals surface area contributed by atoms with Gasteiger partial charge < -0.3 is 10.5 Å². The molecule has 170 valence electrons. The fourth-order valence-electron chi connectivity index (χ4n) is 4.28. The number of pyridine rings is 1. The highest BCUT2D eigenvalue weighted by atomic mass is 35.5. The number of nitrogens with zero attached hydrogens (tertiary/aromatic N) is 1. The van der Waals surface area contributed by atoms with Crippen LogP contribution in [-0.2, 0) is 6.61 Å². The number of hydrogen-bond donors (Lipinski definition) is 1. The van der Waals surface area contributed by atoms with E-state index in [2.05, 4.69) is 60.4 Å². The van der Waals surface area contributed by atoms with Crippen LogP contribution in [0.1, 0.15) is 27.5 Å². The molecular formula is C29H25ClN2OS. The Bertz CT molecular complexity index is 1430. The van der Waals surface area contributed by atoms with E-state index in [9.17, 15) is 0 Å². The molecule has 1 unspecified atom stereocenters. The average Bonchev–Trinajstić information content (AvgIpc) is 3.31. The van der Waals surface area contributed by atoms with Crippen LogP contribution in [0.4, 0.5) is 0 Å². The molecule has 0 aliphatic rings. The number of thiophene rings is 1. The van der Waals surface area contributed by atoms with E-state index < -0.39 is 0 Å². The summed E-state index contributed by atoms with van der Waals surface area (Å²) in [5.41, 5.74) is 11.5. The van der Waals surface area contributed by atoms with Crippen LogP contribution in [0.5, 0.6) is 5.75 Å². The van der Waals surface area contributed by atoms with Crippen LogP contribution in [0.25, 0.3) is 21.3 Å². The number of benzene rings is 3.